The van der Waals surface area contributed by atoms with Gasteiger partial charge in [-0.1, -0.05) is 0 Å². The summed E-state index contributed by atoms with van der Waals surface area (Å²) in [6, 6.07) is 0.940. The molecule has 1 N–H and O–H groups in total. The average molecular weight is 364 g/mol. The summed E-state index contributed by atoms with van der Waals surface area (Å²) in [5, 5.41) is 19.4. The van der Waals surface area contributed by atoms with Gasteiger partial charge in [0.25, 0.3) is 5.69 Å². The first-order chi connectivity index (χ1) is 7.74. The highest BCUT2D eigenvalue weighted by Gasteiger charge is 2.35. The predicted molar refractivity (Wildman–Crippen MR) is 56.2 cm³/mol. The van der Waals surface area contributed by atoms with E-state index < -0.39 is 35.0 Å². The quantitative estimate of drug-likeness (QED) is 0.384. The van der Waals surface area contributed by atoms with Crippen LogP contribution in [0.5, 0.6) is 5.88 Å². The number of halogens is 4. The van der Waals surface area contributed by atoms with Crippen LogP contribution in [0.25, 0.3) is 0 Å². The monoisotopic (exact) mass is 364 g/mol. The Labute approximate surface area is 106 Å². The molecule has 0 fully saturated rings. The molecule has 0 aromatic carbocycles. The molecule has 1 aromatic rings. The minimum atomic E-state index is -5.03. The van der Waals surface area contributed by atoms with Crippen LogP contribution in [0.3, 0.4) is 0 Å². The second kappa shape index (κ2) is 5.00. The largest absolute Gasteiger partial charge is 0.574 e. The summed E-state index contributed by atoms with van der Waals surface area (Å²) in [6.45, 7) is -0.981. The molecule has 0 amide bonds. The fraction of sp³-hybridized carbons (Fsp3) is 0.286. The molecule has 0 saturated heterocycles. The molecule has 1 aromatic heterocycles. The highest BCUT2D eigenvalue weighted by Crippen LogP contribution is 2.31. The van der Waals surface area contributed by atoms with Crippen molar-refractivity contribution >= 4 is 28.3 Å². The van der Waals surface area contributed by atoms with Gasteiger partial charge in [-0.15, -0.1) is 13.2 Å². The first kappa shape index (κ1) is 13.9. The summed E-state index contributed by atoms with van der Waals surface area (Å²) in [6.07, 6.45) is -5.03. The van der Waals surface area contributed by atoms with Crippen LogP contribution in [0.1, 0.15) is 5.56 Å². The van der Waals surface area contributed by atoms with Gasteiger partial charge in [0, 0.05) is 6.07 Å². The molecule has 0 bridgehead atoms. The van der Waals surface area contributed by atoms with E-state index in [1.165, 1.54) is 22.6 Å². The molecule has 6 nitrogen and oxygen atoms in total. The Bertz CT molecular complexity index is 451. The first-order valence-electron chi connectivity index (χ1n) is 3.95. The Hall–Kier alpha value is -1.17. The summed E-state index contributed by atoms with van der Waals surface area (Å²) in [5.74, 6) is -1.02. The van der Waals surface area contributed by atoms with Gasteiger partial charge in [0.2, 0.25) is 5.88 Å². The van der Waals surface area contributed by atoms with E-state index in [-0.39, 0.29) is 3.70 Å². The molecule has 0 aliphatic heterocycles. The number of pyridine rings is 1. The lowest BCUT2D eigenvalue weighted by atomic mass is 10.2. The Morgan fingerprint density at radius 2 is 2.18 bits per heavy atom. The van der Waals surface area contributed by atoms with E-state index in [1.54, 1.807) is 0 Å². The van der Waals surface area contributed by atoms with Crippen molar-refractivity contribution in [2.45, 2.75) is 13.0 Å². The van der Waals surface area contributed by atoms with Crippen molar-refractivity contribution in [3.8, 4) is 5.88 Å². The van der Waals surface area contributed by atoms with E-state index in [9.17, 15) is 23.3 Å². The third-order valence-electron chi connectivity index (χ3n) is 1.60. The van der Waals surface area contributed by atoms with E-state index in [0.717, 1.165) is 6.07 Å². The molecule has 94 valence electrons. The van der Waals surface area contributed by atoms with Crippen LogP contribution >= 0.6 is 22.6 Å². The first-order valence-corrected chi connectivity index (χ1v) is 5.03. The van der Waals surface area contributed by atoms with Crippen molar-refractivity contribution in [2.75, 3.05) is 0 Å². The average Bonchev–Trinajstić information content (AvgIpc) is 2.14. The van der Waals surface area contributed by atoms with E-state index in [2.05, 4.69) is 9.72 Å². The third-order valence-corrected chi connectivity index (χ3v) is 2.15. The number of hydrogen-bond acceptors (Lipinski definition) is 5. The highest BCUT2D eigenvalue weighted by atomic mass is 127. The van der Waals surface area contributed by atoms with Crippen LogP contribution < -0.4 is 4.74 Å². The van der Waals surface area contributed by atoms with Crippen LogP contribution in [0.4, 0.5) is 18.9 Å². The number of hydrogen-bond donors (Lipinski definition) is 1. The van der Waals surface area contributed by atoms with Crippen molar-refractivity contribution in [1.29, 1.82) is 0 Å². The fourth-order valence-electron chi connectivity index (χ4n) is 1.01. The van der Waals surface area contributed by atoms with Crippen molar-refractivity contribution in [2.24, 2.45) is 0 Å². The zero-order chi connectivity index (χ0) is 13.2. The van der Waals surface area contributed by atoms with Gasteiger partial charge in [0.1, 0.15) is 9.26 Å². The zero-order valence-corrected chi connectivity index (χ0v) is 10.0. The molecule has 0 aliphatic carbocycles. The zero-order valence-electron chi connectivity index (χ0n) is 7.86. The molecule has 17 heavy (non-hydrogen) atoms. The maximum atomic E-state index is 12.0. The lowest BCUT2D eigenvalue weighted by Crippen LogP contribution is -2.19. The fourth-order valence-corrected chi connectivity index (χ4v) is 1.53. The number of aliphatic hydroxyl groups excluding tert-OH is 1. The van der Waals surface area contributed by atoms with Crippen LogP contribution in [0, 0.1) is 13.8 Å². The highest BCUT2D eigenvalue weighted by molar-refractivity contribution is 14.1. The number of ether oxygens (including phenoxy) is 1. The van der Waals surface area contributed by atoms with Gasteiger partial charge in [0.05, 0.1) is 11.5 Å². The molecule has 0 radical (unpaired) electrons. The second-order valence-corrected chi connectivity index (χ2v) is 3.82. The van der Waals surface area contributed by atoms with Gasteiger partial charge < -0.3 is 9.84 Å². The standard InChI is InChI=1S/C7H4F3IN2O4/c8-7(9,10)17-6-3(2-14)4(13(15)16)1-5(11)12-6/h1,14H,2H2. The van der Waals surface area contributed by atoms with Crippen LogP contribution in [-0.4, -0.2) is 21.4 Å². The number of rotatable bonds is 3. The lowest BCUT2D eigenvalue weighted by Gasteiger charge is -2.11. The SMILES string of the molecule is O=[N+]([O-])c1cc(I)nc(OC(F)(F)F)c1CO. The van der Waals surface area contributed by atoms with Gasteiger partial charge in [-0.2, -0.15) is 0 Å². The molecule has 10 heteroatoms. The Morgan fingerprint density at radius 3 is 2.59 bits per heavy atom. The molecule has 0 spiro atoms. The van der Waals surface area contributed by atoms with Crippen molar-refractivity contribution in [1.82, 2.24) is 4.98 Å². The second-order valence-electron chi connectivity index (χ2n) is 2.71. The summed E-state index contributed by atoms with van der Waals surface area (Å²) in [4.78, 5) is 13.0. The van der Waals surface area contributed by atoms with Crippen LogP contribution in [0.2, 0.25) is 0 Å². The van der Waals surface area contributed by atoms with Gasteiger partial charge in [-0.25, -0.2) is 4.98 Å². The predicted octanol–water partition coefficient (Wildman–Crippen LogP) is 1.99. The maximum Gasteiger partial charge on any atom is 0.574 e. The van der Waals surface area contributed by atoms with E-state index in [0.29, 0.717) is 0 Å². The Kier molecular flexibility index (Phi) is 4.08. The molecular formula is C7H4F3IN2O4. The number of alkyl halides is 3. The van der Waals surface area contributed by atoms with Crippen LogP contribution in [-0.2, 0) is 6.61 Å². The smallest absolute Gasteiger partial charge is 0.391 e. The minimum absolute atomic E-state index is 0.0502. The van der Waals surface area contributed by atoms with E-state index in [4.69, 9.17) is 5.11 Å². The van der Waals surface area contributed by atoms with E-state index in [1.807, 2.05) is 0 Å². The Morgan fingerprint density at radius 1 is 1.59 bits per heavy atom. The van der Waals surface area contributed by atoms with Gasteiger partial charge in [0.15, 0.2) is 0 Å². The molecule has 0 atom stereocenters. The molecule has 1 rings (SSSR count). The maximum absolute atomic E-state index is 12.0. The normalized spacial score (nSPS) is 11.4. The molecular weight excluding hydrogens is 360 g/mol. The lowest BCUT2D eigenvalue weighted by molar-refractivity contribution is -0.386. The summed E-state index contributed by atoms with van der Waals surface area (Å²) in [7, 11) is 0. The van der Waals surface area contributed by atoms with Gasteiger partial charge >= 0.3 is 6.36 Å². The summed E-state index contributed by atoms with van der Waals surface area (Å²) >= 11 is 1.50. The van der Waals surface area contributed by atoms with Crippen molar-refractivity contribution in [3.63, 3.8) is 0 Å². The van der Waals surface area contributed by atoms with Crippen LogP contribution in [0.15, 0.2) is 6.07 Å². The molecule has 1 heterocycles. The van der Waals surface area contributed by atoms with Gasteiger partial charge in [-0.05, 0) is 22.6 Å². The number of nitro groups is 1. The summed E-state index contributed by atoms with van der Waals surface area (Å²) < 4.78 is 39.5. The van der Waals surface area contributed by atoms with Crippen molar-refractivity contribution in [3.05, 3.63) is 25.4 Å². The van der Waals surface area contributed by atoms with Crippen molar-refractivity contribution < 1.29 is 27.9 Å². The van der Waals surface area contributed by atoms with E-state index >= 15 is 0 Å². The molecule has 0 unspecified atom stereocenters. The molecule has 0 aliphatic rings. The Balaban J connectivity index is 3.33. The van der Waals surface area contributed by atoms with Gasteiger partial charge in [-0.3, -0.25) is 10.1 Å². The summed E-state index contributed by atoms with van der Waals surface area (Å²) in [5.41, 5.74) is -1.29. The topological polar surface area (TPSA) is 85.5 Å². The third kappa shape index (κ3) is 3.66. The molecule has 0 saturated carbocycles. The number of aliphatic hydroxyl groups is 1. The minimum Gasteiger partial charge on any atom is -0.391 e. The number of aromatic nitrogens is 1. The number of nitrogens with zero attached hydrogens (tertiary/aromatic N) is 2.